The average molecular weight is 485 g/mol. The number of likely N-dealkylation sites (tertiary alicyclic amines) is 1. The van der Waals surface area contributed by atoms with Crippen molar-refractivity contribution in [1.82, 2.24) is 15.0 Å². The highest BCUT2D eigenvalue weighted by atomic mass is 19.4. The van der Waals surface area contributed by atoms with Crippen LogP contribution in [-0.4, -0.2) is 69.6 Å². The molecule has 12 heteroatoms. The minimum atomic E-state index is -5.08. The second kappa shape index (κ2) is 10.5. The summed E-state index contributed by atoms with van der Waals surface area (Å²) in [5.74, 6) is -2.15. The Hall–Kier alpha value is -2.99. The fraction of sp³-hybridized carbons (Fsp3) is 0.545. The summed E-state index contributed by atoms with van der Waals surface area (Å²) in [4.78, 5) is 27.8. The Kier molecular flexibility index (Phi) is 7.93. The van der Waals surface area contributed by atoms with E-state index in [1.54, 1.807) is 4.90 Å². The second-order valence-corrected chi connectivity index (χ2v) is 8.21. The Morgan fingerprint density at radius 1 is 1.32 bits per heavy atom. The molecule has 0 radical (unpaired) electrons. The van der Waals surface area contributed by atoms with E-state index in [0.717, 1.165) is 24.2 Å². The van der Waals surface area contributed by atoms with E-state index in [1.165, 1.54) is 6.20 Å². The van der Waals surface area contributed by atoms with Gasteiger partial charge < -0.3 is 24.0 Å². The Morgan fingerprint density at radius 2 is 2.03 bits per heavy atom. The Bertz CT molecular complexity index is 1000. The molecule has 0 saturated carbocycles. The highest BCUT2D eigenvalue weighted by molar-refractivity contribution is 5.95. The van der Waals surface area contributed by atoms with E-state index in [2.05, 4.69) is 10.1 Å². The number of rotatable bonds is 5. The third-order valence-corrected chi connectivity index (χ3v) is 5.55. The zero-order valence-electron chi connectivity index (χ0n) is 18.8. The van der Waals surface area contributed by atoms with Gasteiger partial charge in [0, 0.05) is 25.1 Å². The predicted octanol–water partition coefficient (Wildman–Crippen LogP) is 3.16. The van der Waals surface area contributed by atoms with Crippen molar-refractivity contribution in [3.8, 4) is 0 Å². The minimum Gasteiger partial charge on any atom is -0.475 e. The van der Waals surface area contributed by atoms with Gasteiger partial charge in [0.1, 0.15) is 16.9 Å². The van der Waals surface area contributed by atoms with Gasteiger partial charge in [-0.15, -0.1) is 0 Å². The first-order valence-electron chi connectivity index (χ1n) is 10.7. The third-order valence-electron chi connectivity index (χ3n) is 5.55. The van der Waals surface area contributed by atoms with Crippen molar-refractivity contribution in [2.45, 2.75) is 57.6 Å². The summed E-state index contributed by atoms with van der Waals surface area (Å²) in [7, 11) is 0. The second-order valence-electron chi connectivity index (χ2n) is 8.21. The molecule has 4 heterocycles. The number of ether oxygens (including phenoxy) is 2. The molecule has 2 aromatic rings. The van der Waals surface area contributed by atoms with E-state index in [0.29, 0.717) is 44.0 Å². The summed E-state index contributed by atoms with van der Waals surface area (Å²) < 4.78 is 49.0. The van der Waals surface area contributed by atoms with E-state index in [9.17, 15) is 18.0 Å². The van der Waals surface area contributed by atoms with Crippen molar-refractivity contribution in [3.05, 3.63) is 47.1 Å². The first-order chi connectivity index (χ1) is 16.0. The molecule has 1 N–H and O–H groups in total. The topological polar surface area (TPSA) is 115 Å². The molecule has 2 saturated heterocycles. The van der Waals surface area contributed by atoms with Gasteiger partial charge in [0.15, 0.2) is 0 Å². The number of carbonyl (C=O) groups excluding carboxylic acids is 1. The molecule has 2 aromatic heterocycles. The Labute approximate surface area is 193 Å². The van der Waals surface area contributed by atoms with Gasteiger partial charge >= 0.3 is 12.1 Å². The Morgan fingerprint density at radius 3 is 2.65 bits per heavy atom. The summed E-state index contributed by atoms with van der Waals surface area (Å²) >= 11 is 0. The van der Waals surface area contributed by atoms with Gasteiger partial charge in [-0.05, 0) is 25.5 Å². The fourth-order valence-corrected chi connectivity index (χ4v) is 3.89. The number of amides is 1. The van der Waals surface area contributed by atoms with E-state index < -0.39 is 12.1 Å². The number of alkyl halides is 3. The van der Waals surface area contributed by atoms with E-state index in [4.69, 9.17) is 23.9 Å². The molecule has 9 nitrogen and oxygen atoms in total. The number of hydrogen-bond acceptors (Lipinski definition) is 7. The molecule has 2 aliphatic rings. The molecular weight excluding hydrogens is 459 g/mol. The monoisotopic (exact) mass is 485 g/mol. The zero-order chi connectivity index (χ0) is 24.9. The molecule has 2 fully saturated rings. The first-order valence-corrected chi connectivity index (χ1v) is 10.7. The van der Waals surface area contributed by atoms with Crippen LogP contribution in [0.1, 0.15) is 47.3 Å². The maximum atomic E-state index is 12.6. The number of aryl methyl sites for hydroxylation is 2. The molecule has 1 amide bonds. The maximum Gasteiger partial charge on any atom is 0.490 e. The predicted molar refractivity (Wildman–Crippen MR) is 111 cm³/mol. The Balaban J connectivity index is 0.000000406. The molecule has 0 aromatic carbocycles. The number of halogens is 3. The van der Waals surface area contributed by atoms with Crippen LogP contribution in [0.4, 0.5) is 13.2 Å². The van der Waals surface area contributed by atoms with Crippen molar-refractivity contribution in [1.29, 1.82) is 0 Å². The smallest absolute Gasteiger partial charge is 0.475 e. The number of aliphatic carboxylic acids is 1. The summed E-state index contributed by atoms with van der Waals surface area (Å²) in [6, 6.07) is 5.96. The molecule has 2 aliphatic heterocycles. The molecule has 0 bridgehead atoms. The van der Waals surface area contributed by atoms with Crippen molar-refractivity contribution in [2.24, 2.45) is 0 Å². The van der Waals surface area contributed by atoms with Gasteiger partial charge in [0.05, 0.1) is 37.7 Å². The summed E-state index contributed by atoms with van der Waals surface area (Å²) in [5, 5.41) is 10.9. The van der Waals surface area contributed by atoms with Gasteiger partial charge in [-0.2, -0.15) is 13.2 Å². The van der Waals surface area contributed by atoms with Crippen molar-refractivity contribution < 1.29 is 41.9 Å². The SMILES string of the molecule is CCc1oncc1C(=O)N1CC2(CC(OCc3cccc(C)n3)CCO2)C1.O=C(O)C(F)(F)F. The molecule has 1 unspecified atom stereocenters. The van der Waals surface area contributed by atoms with E-state index in [1.807, 2.05) is 32.0 Å². The number of pyridine rings is 1. The van der Waals surface area contributed by atoms with Crippen molar-refractivity contribution in [2.75, 3.05) is 19.7 Å². The number of hydrogen-bond donors (Lipinski definition) is 1. The van der Waals surface area contributed by atoms with Crippen LogP contribution in [-0.2, 0) is 27.3 Å². The van der Waals surface area contributed by atoms with Crippen LogP contribution < -0.4 is 0 Å². The third kappa shape index (κ3) is 6.32. The van der Waals surface area contributed by atoms with Crippen LogP contribution in [0.5, 0.6) is 0 Å². The van der Waals surface area contributed by atoms with Gasteiger partial charge in [-0.25, -0.2) is 4.79 Å². The lowest BCUT2D eigenvalue weighted by Gasteiger charge is -2.52. The van der Waals surface area contributed by atoms with Crippen molar-refractivity contribution in [3.63, 3.8) is 0 Å². The van der Waals surface area contributed by atoms with E-state index in [-0.39, 0.29) is 17.6 Å². The number of carbonyl (C=O) groups is 2. The summed E-state index contributed by atoms with van der Waals surface area (Å²) in [6.07, 6.45) is -1.13. The maximum absolute atomic E-state index is 12.6. The van der Waals surface area contributed by atoms with Gasteiger partial charge in [0.25, 0.3) is 5.91 Å². The standard InChI is InChI=1S/C20H25N3O4.C2HF3O2/c1-3-18-17(10-21-27-18)19(24)23-12-20(13-23)9-16(7-8-26-20)25-11-15-6-4-5-14(2)22-15;3-2(4,5)1(6)7/h4-6,10,16H,3,7-9,11-13H2,1-2H3;(H,6,7). The lowest BCUT2D eigenvalue weighted by molar-refractivity contribution is -0.192. The average Bonchev–Trinajstić information content (AvgIpc) is 3.24. The van der Waals surface area contributed by atoms with Gasteiger partial charge in [0.2, 0.25) is 0 Å². The molecular formula is C22H26F3N3O6. The summed E-state index contributed by atoms with van der Waals surface area (Å²) in [6.45, 7) is 6.26. The number of carboxylic acid groups (broad SMARTS) is 1. The fourth-order valence-electron chi connectivity index (χ4n) is 3.89. The highest BCUT2D eigenvalue weighted by Crippen LogP contribution is 2.36. The lowest BCUT2D eigenvalue weighted by Crippen LogP contribution is -2.67. The van der Waals surface area contributed by atoms with Crippen LogP contribution >= 0.6 is 0 Å². The number of aromatic nitrogens is 2. The van der Waals surface area contributed by atoms with Crippen LogP contribution in [0.2, 0.25) is 0 Å². The molecule has 186 valence electrons. The first kappa shape index (κ1) is 25.6. The normalized spacial score (nSPS) is 19.2. The van der Waals surface area contributed by atoms with Crippen LogP contribution in [0.25, 0.3) is 0 Å². The summed E-state index contributed by atoms with van der Waals surface area (Å²) in [5.41, 5.74) is 2.21. The van der Waals surface area contributed by atoms with Crippen LogP contribution in [0.3, 0.4) is 0 Å². The quantitative estimate of drug-likeness (QED) is 0.687. The number of nitrogens with zero attached hydrogens (tertiary/aromatic N) is 3. The van der Waals surface area contributed by atoms with E-state index >= 15 is 0 Å². The number of carboxylic acids is 1. The van der Waals surface area contributed by atoms with Gasteiger partial charge in [-0.3, -0.25) is 9.78 Å². The van der Waals surface area contributed by atoms with Crippen LogP contribution in [0.15, 0.2) is 28.9 Å². The van der Waals surface area contributed by atoms with Crippen LogP contribution in [0, 0.1) is 6.92 Å². The highest BCUT2D eigenvalue weighted by Gasteiger charge is 2.50. The largest absolute Gasteiger partial charge is 0.490 e. The molecule has 1 spiro atoms. The molecule has 34 heavy (non-hydrogen) atoms. The minimum absolute atomic E-state index is 0.0330. The van der Waals surface area contributed by atoms with Crippen molar-refractivity contribution >= 4 is 11.9 Å². The lowest BCUT2D eigenvalue weighted by atomic mass is 9.84. The molecule has 0 aliphatic carbocycles. The van der Waals surface area contributed by atoms with Gasteiger partial charge in [-0.1, -0.05) is 18.1 Å². The molecule has 1 atom stereocenters. The molecule has 4 rings (SSSR count). The zero-order valence-corrected chi connectivity index (χ0v) is 18.8.